The van der Waals surface area contributed by atoms with Crippen molar-refractivity contribution in [2.45, 2.75) is 31.5 Å². The van der Waals surface area contributed by atoms with Gasteiger partial charge < -0.3 is 5.11 Å². The molecule has 0 bridgehead atoms. The Morgan fingerprint density at radius 2 is 1.60 bits per heavy atom. The second-order valence-electron chi connectivity index (χ2n) is 3.76. The Morgan fingerprint density at radius 3 is 2.07 bits per heavy atom. The Labute approximate surface area is 86.5 Å². The van der Waals surface area contributed by atoms with E-state index < -0.39 is 18.2 Å². The molecule has 84 valence electrons. The lowest BCUT2D eigenvalue weighted by atomic mass is 9.91. The molecule has 1 N–H and O–H groups in total. The molecule has 1 atom stereocenters. The van der Waals surface area contributed by atoms with Crippen molar-refractivity contribution in [3.8, 4) is 0 Å². The zero-order valence-corrected chi connectivity index (χ0v) is 8.38. The van der Waals surface area contributed by atoms with Crippen LogP contribution in [0.25, 0.3) is 0 Å². The van der Waals surface area contributed by atoms with Gasteiger partial charge in [-0.2, -0.15) is 13.2 Å². The lowest BCUT2D eigenvalue weighted by Crippen LogP contribution is -2.24. The summed E-state index contributed by atoms with van der Waals surface area (Å²) in [5.74, 6) is 0. The molecular weight excluding hydrogens is 205 g/mol. The monoisotopic (exact) mass is 218 g/mol. The molecule has 0 aliphatic carbocycles. The summed E-state index contributed by atoms with van der Waals surface area (Å²) in [6, 6.07) is 8.38. The topological polar surface area (TPSA) is 20.2 Å². The largest absolute Gasteiger partial charge is 0.389 e. The number of halogens is 3. The SMILES string of the molecule is CC(O)(CCC(F)(F)F)c1ccccc1. The molecule has 1 nitrogen and oxygen atoms in total. The molecule has 0 amide bonds. The molecule has 1 aromatic carbocycles. The third-order valence-corrected chi connectivity index (χ3v) is 2.29. The van der Waals surface area contributed by atoms with Gasteiger partial charge in [-0.3, -0.25) is 0 Å². The van der Waals surface area contributed by atoms with E-state index in [-0.39, 0.29) is 6.42 Å². The Hall–Kier alpha value is -1.03. The van der Waals surface area contributed by atoms with Crippen LogP contribution in [0.2, 0.25) is 0 Å². The molecular formula is C11H13F3O. The van der Waals surface area contributed by atoms with Gasteiger partial charge >= 0.3 is 6.18 Å². The van der Waals surface area contributed by atoms with E-state index in [2.05, 4.69) is 0 Å². The fourth-order valence-electron chi connectivity index (χ4n) is 1.33. The highest BCUT2D eigenvalue weighted by Gasteiger charge is 2.32. The van der Waals surface area contributed by atoms with Gasteiger partial charge in [0.15, 0.2) is 0 Å². The first-order valence-corrected chi connectivity index (χ1v) is 4.66. The van der Waals surface area contributed by atoms with Gasteiger partial charge in [-0.25, -0.2) is 0 Å². The predicted molar refractivity (Wildman–Crippen MR) is 51.3 cm³/mol. The summed E-state index contributed by atoms with van der Waals surface area (Å²) in [5, 5.41) is 9.85. The summed E-state index contributed by atoms with van der Waals surface area (Å²) >= 11 is 0. The van der Waals surface area contributed by atoms with Crippen LogP contribution >= 0.6 is 0 Å². The number of hydrogen-bond donors (Lipinski definition) is 1. The first kappa shape index (κ1) is 12.0. The molecule has 0 spiro atoms. The maximum Gasteiger partial charge on any atom is 0.389 e. The maximum atomic E-state index is 12.0. The normalized spacial score (nSPS) is 16.1. The van der Waals surface area contributed by atoms with Crippen LogP contribution in [0.3, 0.4) is 0 Å². The first-order chi connectivity index (χ1) is 6.81. The number of aliphatic hydroxyl groups is 1. The summed E-state index contributed by atoms with van der Waals surface area (Å²) in [6.07, 6.45) is -5.52. The zero-order valence-electron chi connectivity index (χ0n) is 8.38. The third kappa shape index (κ3) is 3.91. The molecule has 0 radical (unpaired) electrons. The second kappa shape index (κ2) is 4.23. The average Bonchev–Trinajstić information content (AvgIpc) is 2.16. The summed E-state index contributed by atoms with van der Waals surface area (Å²) in [6.45, 7) is 1.40. The fraction of sp³-hybridized carbons (Fsp3) is 0.455. The van der Waals surface area contributed by atoms with E-state index in [1.54, 1.807) is 30.3 Å². The number of hydrogen-bond acceptors (Lipinski definition) is 1. The average molecular weight is 218 g/mol. The zero-order chi connectivity index (χ0) is 11.5. The van der Waals surface area contributed by atoms with Crippen LogP contribution in [0.1, 0.15) is 25.3 Å². The molecule has 4 heteroatoms. The van der Waals surface area contributed by atoms with Crippen LogP contribution in [0.5, 0.6) is 0 Å². The Morgan fingerprint density at radius 1 is 1.07 bits per heavy atom. The van der Waals surface area contributed by atoms with Crippen molar-refractivity contribution in [1.29, 1.82) is 0 Å². The van der Waals surface area contributed by atoms with Crippen molar-refractivity contribution in [2.75, 3.05) is 0 Å². The maximum absolute atomic E-state index is 12.0. The molecule has 0 saturated heterocycles. The molecule has 1 rings (SSSR count). The van der Waals surface area contributed by atoms with Gasteiger partial charge in [0.25, 0.3) is 0 Å². The van der Waals surface area contributed by atoms with Crippen molar-refractivity contribution < 1.29 is 18.3 Å². The highest BCUT2D eigenvalue weighted by Crippen LogP contribution is 2.31. The number of rotatable bonds is 3. The Bertz CT molecular complexity index is 303. The van der Waals surface area contributed by atoms with E-state index in [9.17, 15) is 18.3 Å². The van der Waals surface area contributed by atoms with Crippen molar-refractivity contribution in [3.63, 3.8) is 0 Å². The van der Waals surface area contributed by atoms with Crippen LogP contribution in [0, 0.1) is 0 Å². The molecule has 0 heterocycles. The van der Waals surface area contributed by atoms with Gasteiger partial charge in [-0.05, 0) is 18.9 Å². The van der Waals surface area contributed by atoms with Crippen LogP contribution in [-0.4, -0.2) is 11.3 Å². The minimum absolute atomic E-state index is 0.319. The molecule has 0 aliphatic heterocycles. The lowest BCUT2D eigenvalue weighted by Gasteiger charge is -2.24. The summed E-state index contributed by atoms with van der Waals surface area (Å²) in [7, 11) is 0. The van der Waals surface area contributed by atoms with Crippen LogP contribution < -0.4 is 0 Å². The number of alkyl halides is 3. The van der Waals surface area contributed by atoms with Gasteiger partial charge in [0.05, 0.1) is 5.60 Å². The van der Waals surface area contributed by atoms with E-state index in [1.807, 2.05) is 0 Å². The van der Waals surface area contributed by atoms with Crippen LogP contribution in [0.4, 0.5) is 13.2 Å². The summed E-state index contributed by atoms with van der Waals surface area (Å²) in [5.41, 5.74) is -0.911. The van der Waals surface area contributed by atoms with E-state index in [0.29, 0.717) is 5.56 Å². The highest BCUT2D eigenvalue weighted by atomic mass is 19.4. The van der Waals surface area contributed by atoms with Gasteiger partial charge in [0, 0.05) is 6.42 Å². The van der Waals surface area contributed by atoms with Gasteiger partial charge in [0.1, 0.15) is 0 Å². The van der Waals surface area contributed by atoms with E-state index in [0.717, 1.165) is 0 Å². The summed E-state index contributed by atoms with van der Waals surface area (Å²) in [4.78, 5) is 0. The molecule has 0 fully saturated rings. The standard InChI is InChI=1S/C11H13F3O/c1-10(15,7-8-11(12,13)14)9-5-3-2-4-6-9/h2-6,15H,7-8H2,1H3. The first-order valence-electron chi connectivity index (χ1n) is 4.66. The fourth-order valence-corrected chi connectivity index (χ4v) is 1.33. The third-order valence-electron chi connectivity index (χ3n) is 2.29. The molecule has 0 saturated carbocycles. The predicted octanol–water partition coefficient (Wildman–Crippen LogP) is 3.24. The van der Waals surface area contributed by atoms with Crippen molar-refractivity contribution >= 4 is 0 Å². The number of benzene rings is 1. The second-order valence-corrected chi connectivity index (χ2v) is 3.76. The highest BCUT2D eigenvalue weighted by molar-refractivity contribution is 5.21. The quantitative estimate of drug-likeness (QED) is 0.825. The van der Waals surface area contributed by atoms with Crippen LogP contribution in [0.15, 0.2) is 30.3 Å². The smallest absolute Gasteiger partial charge is 0.385 e. The molecule has 0 aromatic heterocycles. The molecule has 1 aromatic rings. The van der Waals surface area contributed by atoms with Crippen molar-refractivity contribution in [2.24, 2.45) is 0 Å². The van der Waals surface area contributed by atoms with Crippen LogP contribution in [-0.2, 0) is 5.60 Å². The summed E-state index contributed by atoms with van der Waals surface area (Å²) < 4.78 is 36.0. The van der Waals surface area contributed by atoms with Gasteiger partial charge in [-0.15, -0.1) is 0 Å². The lowest BCUT2D eigenvalue weighted by molar-refractivity contribution is -0.146. The van der Waals surface area contributed by atoms with E-state index >= 15 is 0 Å². The molecule has 1 unspecified atom stereocenters. The van der Waals surface area contributed by atoms with Gasteiger partial charge in [-0.1, -0.05) is 30.3 Å². The minimum Gasteiger partial charge on any atom is -0.385 e. The van der Waals surface area contributed by atoms with E-state index in [1.165, 1.54) is 6.92 Å². The van der Waals surface area contributed by atoms with E-state index in [4.69, 9.17) is 0 Å². The van der Waals surface area contributed by atoms with Crippen molar-refractivity contribution in [3.05, 3.63) is 35.9 Å². The minimum atomic E-state index is -4.22. The molecule has 15 heavy (non-hydrogen) atoms. The molecule has 0 aliphatic rings. The Balaban J connectivity index is 2.68. The van der Waals surface area contributed by atoms with Gasteiger partial charge in [0.2, 0.25) is 0 Å². The van der Waals surface area contributed by atoms with Crippen molar-refractivity contribution in [1.82, 2.24) is 0 Å². The Kier molecular flexibility index (Phi) is 3.39.